The van der Waals surface area contributed by atoms with Gasteiger partial charge in [-0.2, -0.15) is 17.5 Å². The van der Waals surface area contributed by atoms with Gasteiger partial charge in [-0.15, -0.1) is 11.3 Å². The first-order valence-corrected chi connectivity index (χ1v) is 14.1. The molecule has 1 N–H and O–H groups in total. The second kappa shape index (κ2) is 12.5. The van der Waals surface area contributed by atoms with Crippen LogP contribution in [0.5, 0.6) is 5.75 Å². The van der Waals surface area contributed by atoms with Crippen molar-refractivity contribution in [3.63, 3.8) is 0 Å². The molecular formula is C26H28F3N3O4S2. The third kappa shape index (κ3) is 7.21. The highest BCUT2D eigenvalue weighted by Crippen LogP contribution is 2.35. The van der Waals surface area contributed by atoms with Gasteiger partial charge in [0.15, 0.2) is 5.13 Å². The Labute approximate surface area is 224 Å². The number of halogens is 3. The van der Waals surface area contributed by atoms with Crippen LogP contribution in [-0.2, 0) is 14.8 Å². The van der Waals surface area contributed by atoms with Gasteiger partial charge in [0.1, 0.15) is 5.75 Å². The summed E-state index contributed by atoms with van der Waals surface area (Å²) < 4.78 is 73.8. The molecule has 3 rings (SSSR count). The number of alkyl halides is 3. The lowest BCUT2D eigenvalue weighted by Gasteiger charge is -2.21. The molecule has 0 unspecified atom stereocenters. The van der Waals surface area contributed by atoms with Crippen molar-refractivity contribution in [3.05, 3.63) is 65.6 Å². The lowest BCUT2D eigenvalue weighted by atomic mass is 10.1. The molecule has 1 amide bonds. The summed E-state index contributed by atoms with van der Waals surface area (Å²) in [5, 5.41) is 4.17. The highest BCUT2D eigenvalue weighted by atomic mass is 32.2. The van der Waals surface area contributed by atoms with E-state index in [-0.39, 0.29) is 15.6 Å². The van der Waals surface area contributed by atoms with Crippen LogP contribution in [0.2, 0.25) is 0 Å². The van der Waals surface area contributed by atoms with Crippen molar-refractivity contribution in [2.24, 2.45) is 0 Å². The molecule has 0 aliphatic carbocycles. The molecule has 12 heteroatoms. The number of aromatic nitrogens is 1. The van der Waals surface area contributed by atoms with Crippen molar-refractivity contribution in [1.82, 2.24) is 9.29 Å². The molecule has 0 saturated heterocycles. The van der Waals surface area contributed by atoms with Crippen LogP contribution in [0.25, 0.3) is 16.8 Å². The molecule has 3 aromatic rings. The Bertz CT molecular complexity index is 1360. The van der Waals surface area contributed by atoms with Crippen LogP contribution in [0.4, 0.5) is 18.3 Å². The minimum absolute atomic E-state index is 0.108. The molecule has 1 heterocycles. The topological polar surface area (TPSA) is 88.6 Å². The third-order valence-electron chi connectivity index (χ3n) is 5.45. The molecule has 1 aromatic heterocycles. The maximum atomic E-state index is 13.9. The summed E-state index contributed by atoms with van der Waals surface area (Å²) in [6, 6.07) is 11.4. The molecule has 2 aromatic carbocycles. The summed E-state index contributed by atoms with van der Waals surface area (Å²) in [6.07, 6.45) is -3.20. The number of carbonyl (C=O) groups is 1. The van der Waals surface area contributed by atoms with Gasteiger partial charge in [-0.3, -0.25) is 10.1 Å². The Morgan fingerprint density at radius 3 is 2.18 bits per heavy atom. The molecule has 0 spiro atoms. The first kappa shape index (κ1) is 29.3. The second-order valence-corrected chi connectivity index (χ2v) is 11.0. The van der Waals surface area contributed by atoms with Crippen LogP contribution in [0.1, 0.15) is 32.3 Å². The van der Waals surface area contributed by atoms with Gasteiger partial charge < -0.3 is 4.74 Å². The zero-order valence-electron chi connectivity index (χ0n) is 21.1. The number of amides is 1. The average Bonchev–Trinajstić information content (AvgIpc) is 3.35. The molecular weight excluding hydrogens is 539 g/mol. The fraction of sp³-hybridized carbons (Fsp3) is 0.308. The van der Waals surface area contributed by atoms with E-state index in [1.54, 1.807) is 36.8 Å². The van der Waals surface area contributed by atoms with E-state index in [9.17, 15) is 26.4 Å². The first-order valence-electron chi connectivity index (χ1n) is 11.8. The van der Waals surface area contributed by atoms with Crippen molar-refractivity contribution in [1.29, 1.82) is 0 Å². The predicted octanol–water partition coefficient (Wildman–Crippen LogP) is 6.21. The Hall–Kier alpha value is -3.22. The van der Waals surface area contributed by atoms with Gasteiger partial charge in [-0.05, 0) is 54.8 Å². The second-order valence-electron chi connectivity index (χ2n) is 8.24. The van der Waals surface area contributed by atoms with Gasteiger partial charge in [0.05, 0.1) is 23.3 Å². The number of anilines is 1. The number of ether oxygens (including phenoxy) is 1. The predicted molar refractivity (Wildman–Crippen MR) is 143 cm³/mol. The Balaban J connectivity index is 1.82. The van der Waals surface area contributed by atoms with Crippen LogP contribution in [-0.4, -0.2) is 50.0 Å². The van der Waals surface area contributed by atoms with Crippen molar-refractivity contribution in [3.8, 4) is 17.0 Å². The molecule has 0 fully saturated rings. The number of nitrogens with one attached hydrogen (secondary N) is 1. The van der Waals surface area contributed by atoms with Gasteiger partial charge in [0, 0.05) is 30.1 Å². The Kier molecular flexibility index (Phi) is 9.69. The molecule has 0 aliphatic rings. The SMILES string of the molecule is CCCN(CCC)S(=O)(=O)c1ccc(C(=CC(=O)Nc2nc(-c3ccc(OC)cc3)cs2)C(F)(F)F)cc1. The van der Waals surface area contributed by atoms with E-state index < -0.39 is 27.7 Å². The van der Waals surface area contributed by atoms with Gasteiger partial charge in [-0.25, -0.2) is 13.4 Å². The highest BCUT2D eigenvalue weighted by Gasteiger charge is 2.36. The molecule has 7 nitrogen and oxygen atoms in total. The number of nitrogens with zero attached hydrogens (tertiary/aromatic N) is 2. The molecule has 0 atom stereocenters. The Morgan fingerprint density at radius 1 is 1.05 bits per heavy atom. The number of hydrogen-bond donors (Lipinski definition) is 1. The lowest BCUT2D eigenvalue weighted by molar-refractivity contribution is -0.112. The molecule has 0 bridgehead atoms. The number of benzene rings is 2. The maximum Gasteiger partial charge on any atom is 0.417 e. The molecule has 0 radical (unpaired) electrons. The highest BCUT2D eigenvalue weighted by molar-refractivity contribution is 7.89. The Morgan fingerprint density at radius 2 is 1.66 bits per heavy atom. The summed E-state index contributed by atoms with van der Waals surface area (Å²) in [4.78, 5) is 16.7. The van der Waals surface area contributed by atoms with E-state index in [0.29, 0.717) is 43.5 Å². The number of sulfonamides is 1. The number of allylic oxidation sites excluding steroid dienone is 1. The number of methoxy groups -OCH3 is 1. The van der Waals surface area contributed by atoms with E-state index >= 15 is 0 Å². The van der Waals surface area contributed by atoms with Crippen molar-refractivity contribution < 1.29 is 31.1 Å². The number of thiazole rings is 1. The monoisotopic (exact) mass is 567 g/mol. The van der Waals surface area contributed by atoms with Gasteiger partial charge in [-0.1, -0.05) is 26.0 Å². The molecule has 38 heavy (non-hydrogen) atoms. The zero-order valence-corrected chi connectivity index (χ0v) is 22.7. The van der Waals surface area contributed by atoms with Gasteiger partial charge >= 0.3 is 6.18 Å². The summed E-state index contributed by atoms with van der Waals surface area (Å²) in [6.45, 7) is 4.31. The molecule has 0 saturated carbocycles. The summed E-state index contributed by atoms with van der Waals surface area (Å²) >= 11 is 1.07. The van der Waals surface area contributed by atoms with E-state index in [1.807, 2.05) is 13.8 Å². The number of rotatable bonds is 11. The van der Waals surface area contributed by atoms with E-state index in [2.05, 4.69) is 10.3 Å². The van der Waals surface area contributed by atoms with Gasteiger partial charge in [0.2, 0.25) is 10.0 Å². The van der Waals surface area contributed by atoms with Crippen LogP contribution in [0, 0.1) is 0 Å². The van der Waals surface area contributed by atoms with Gasteiger partial charge in [0.25, 0.3) is 5.91 Å². The first-order chi connectivity index (χ1) is 18.0. The molecule has 0 aliphatic heterocycles. The quantitative estimate of drug-likeness (QED) is 0.278. The maximum absolute atomic E-state index is 13.9. The minimum Gasteiger partial charge on any atom is -0.497 e. The minimum atomic E-state index is -4.86. The van der Waals surface area contributed by atoms with E-state index in [1.165, 1.54) is 4.31 Å². The molecule has 204 valence electrons. The lowest BCUT2D eigenvalue weighted by Crippen LogP contribution is -2.32. The van der Waals surface area contributed by atoms with E-state index in [0.717, 1.165) is 41.2 Å². The normalized spacial score (nSPS) is 12.6. The van der Waals surface area contributed by atoms with Crippen molar-refractivity contribution in [2.45, 2.75) is 37.8 Å². The van der Waals surface area contributed by atoms with Crippen LogP contribution < -0.4 is 10.1 Å². The average molecular weight is 568 g/mol. The van der Waals surface area contributed by atoms with Crippen LogP contribution >= 0.6 is 11.3 Å². The summed E-state index contributed by atoms with van der Waals surface area (Å²) in [7, 11) is -2.31. The zero-order chi connectivity index (χ0) is 27.9. The van der Waals surface area contributed by atoms with Crippen LogP contribution in [0.3, 0.4) is 0 Å². The van der Waals surface area contributed by atoms with Crippen molar-refractivity contribution in [2.75, 3.05) is 25.5 Å². The third-order valence-corrected chi connectivity index (χ3v) is 8.12. The van der Waals surface area contributed by atoms with E-state index in [4.69, 9.17) is 4.74 Å². The summed E-state index contributed by atoms with van der Waals surface area (Å²) in [5.41, 5.74) is -0.238. The number of carbonyl (C=O) groups excluding carboxylic acids is 1. The largest absolute Gasteiger partial charge is 0.497 e. The van der Waals surface area contributed by atoms with Crippen LogP contribution in [0.15, 0.2) is 64.9 Å². The number of hydrogen-bond acceptors (Lipinski definition) is 6. The van der Waals surface area contributed by atoms with Crippen molar-refractivity contribution >= 4 is 38.0 Å². The summed E-state index contributed by atoms with van der Waals surface area (Å²) in [5.74, 6) is -0.353. The fourth-order valence-corrected chi connectivity index (χ4v) is 5.98. The standard InChI is InChI=1S/C26H28F3N3O4S2/c1-4-14-32(15-5-2)38(34,35)21-12-8-18(9-13-21)22(26(27,28)29)16-24(33)31-25-30-23(17-37-25)19-6-10-20(36-3)11-7-19/h6-13,16-17H,4-5,14-15H2,1-3H3,(H,30,31,33). The smallest absolute Gasteiger partial charge is 0.417 e. The fourth-order valence-electron chi connectivity index (χ4n) is 3.63.